The highest BCUT2D eigenvalue weighted by atomic mass is 16.5. The van der Waals surface area contributed by atoms with E-state index in [0.29, 0.717) is 47.6 Å². The maximum atomic E-state index is 13.8. The average molecular weight is 548 g/mol. The highest BCUT2D eigenvalue weighted by molar-refractivity contribution is 5.99. The molecule has 0 N–H and O–H groups in total. The molecule has 1 unspecified atom stereocenters. The lowest BCUT2D eigenvalue weighted by Gasteiger charge is -2.26. The van der Waals surface area contributed by atoms with Gasteiger partial charge in [-0.2, -0.15) is 0 Å². The second-order valence-corrected chi connectivity index (χ2v) is 9.85. The van der Waals surface area contributed by atoms with Gasteiger partial charge in [-0.1, -0.05) is 60.7 Å². The SMILES string of the molecule is COc1ccc(CCN2C(=O)c3oc4ccccc4c(=O)c3C2c2ccc(OCc3ccccc3)c(OC)c2)cc1. The van der Waals surface area contributed by atoms with Crippen molar-refractivity contribution in [3.8, 4) is 17.2 Å². The minimum absolute atomic E-state index is 0.0804. The van der Waals surface area contributed by atoms with E-state index in [2.05, 4.69) is 0 Å². The van der Waals surface area contributed by atoms with E-state index in [1.807, 2.05) is 72.8 Å². The van der Waals surface area contributed by atoms with Crippen LogP contribution < -0.4 is 19.6 Å². The number of para-hydroxylation sites is 1. The van der Waals surface area contributed by atoms with Crippen LogP contribution in [0.15, 0.2) is 106 Å². The summed E-state index contributed by atoms with van der Waals surface area (Å²) >= 11 is 0. The molecule has 0 saturated carbocycles. The predicted molar refractivity (Wildman–Crippen MR) is 156 cm³/mol. The molecule has 0 saturated heterocycles. The Morgan fingerprint density at radius 2 is 1.54 bits per heavy atom. The number of methoxy groups -OCH3 is 2. The second kappa shape index (κ2) is 11.2. The fourth-order valence-electron chi connectivity index (χ4n) is 5.29. The van der Waals surface area contributed by atoms with Crippen LogP contribution in [0, 0.1) is 0 Å². The summed E-state index contributed by atoms with van der Waals surface area (Å²) in [5, 5.41) is 0.441. The standard InChI is InChI=1S/C34H29NO6/c1-38-25-15-12-22(13-16-25)18-19-35-31(30-32(36)26-10-6-7-11-27(26)41-33(30)34(35)37)24-14-17-28(29(20-24)39-2)40-21-23-8-4-3-5-9-23/h3-17,20,31H,18-19,21H2,1-2H3. The minimum atomic E-state index is -0.645. The summed E-state index contributed by atoms with van der Waals surface area (Å²) in [5.74, 6) is 1.61. The van der Waals surface area contributed by atoms with Gasteiger partial charge in [-0.3, -0.25) is 9.59 Å². The fourth-order valence-corrected chi connectivity index (χ4v) is 5.29. The van der Waals surface area contributed by atoms with Crippen LogP contribution in [0.3, 0.4) is 0 Å². The Kier molecular flexibility index (Phi) is 7.17. The number of fused-ring (bicyclic) bond motifs is 2. The van der Waals surface area contributed by atoms with E-state index >= 15 is 0 Å². The van der Waals surface area contributed by atoms with Crippen LogP contribution in [-0.4, -0.2) is 31.6 Å². The number of nitrogens with zero attached hydrogens (tertiary/aromatic N) is 1. The second-order valence-electron chi connectivity index (χ2n) is 9.85. The largest absolute Gasteiger partial charge is 0.497 e. The molecule has 1 atom stereocenters. The zero-order chi connectivity index (χ0) is 28.3. The molecule has 4 aromatic carbocycles. The molecule has 0 fully saturated rings. The molecule has 0 radical (unpaired) electrons. The summed E-state index contributed by atoms with van der Waals surface area (Å²) in [7, 11) is 3.20. The van der Waals surface area contributed by atoms with Gasteiger partial charge >= 0.3 is 0 Å². The smallest absolute Gasteiger partial charge is 0.290 e. The van der Waals surface area contributed by atoms with Crippen LogP contribution in [-0.2, 0) is 13.0 Å². The molecular formula is C34H29NO6. The van der Waals surface area contributed by atoms with Gasteiger partial charge in [-0.25, -0.2) is 0 Å². The first-order chi connectivity index (χ1) is 20.1. The third kappa shape index (κ3) is 5.02. The third-order valence-electron chi connectivity index (χ3n) is 7.41. The molecule has 1 aromatic heterocycles. The Morgan fingerprint density at radius 1 is 0.780 bits per heavy atom. The Labute approximate surface area is 237 Å². The van der Waals surface area contributed by atoms with E-state index in [9.17, 15) is 9.59 Å². The molecule has 2 heterocycles. The number of amides is 1. The zero-order valence-corrected chi connectivity index (χ0v) is 22.8. The van der Waals surface area contributed by atoms with Crippen molar-refractivity contribution in [2.24, 2.45) is 0 Å². The first-order valence-corrected chi connectivity index (χ1v) is 13.4. The lowest BCUT2D eigenvalue weighted by molar-refractivity contribution is 0.0730. The van der Waals surface area contributed by atoms with Crippen LogP contribution >= 0.6 is 0 Å². The summed E-state index contributed by atoms with van der Waals surface area (Å²) < 4.78 is 23.1. The molecule has 0 aliphatic carbocycles. The van der Waals surface area contributed by atoms with Gasteiger partial charge in [-0.15, -0.1) is 0 Å². The van der Waals surface area contributed by atoms with Crippen LogP contribution in [0.25, 0.3) is 11.0 Å². The number of benzene rings is 4. The monoisotopic (exact) mass is 547 g/mol. The molecule has 7 heteroatoms. The number of rotatable bonds is 9. The Hall–Kier alpha value is -5.04. The number of hydrogen-bond acceptors (Lipinski definition) is 6. The average Bonchev–Trinajstić information content (AvgIpc) is 3.30. The Morgan fingerprint density at radius 3 is 2.29 bits per heavy atom. The van der Waals surface area contributed by atoms with Crippen molar-refractivity contribution in [3.05, 3.63) is 135 Å². The van der Waals surface area contributed by atoms with Crippen molar-refractivity contribution in [2.45, 2.75) is 19.1 Å². The van der Waals surface area contributed by atoms with E-state index in [1.54, 1.807) is 43.4 Å². The summed E-state index contributed by atoms with van der Waals surface area (Å²) in [4.78, 5) is 29.3. The molecule has 1 amide bonds. The number of carbonyl (C=O) groups excluding carboxylic acids is 1. The van der Waals surface area contributed by atoms with Crippen molar-refractivity contribution in [1.82, 2.24) is 4.90 Å². The van der Waals surface area contributed by atoms with Gasteiger partial charge in [-0.05, 0) is 59.5 Å². The van der Waals surface area contributed by atoms with Crippen LogP contribution in [0.2, 0.25) is 0 Å². The topological polar surface area (TPSA) is 78.2 Å². The van der Waals surface area contributed by atoms with Crippen LogP contribution in [0.4, 0.5) is 0 Å². The summed E-state index contributed by atoms with van der Waals surface area (Å²) in [6, 6.07) is 29.5. The molecule has 206 valence electrons. The van der Waals surface area contributed by atoms with Crippen LogP contribution in [0.1, 0.15) is 38.9 Å². The minimum Gasteiger partial charge on any atom is -0.497 e. The van der Waals surface area contributed by atoms with Crippen molar-refractivity contribution in [1.29, 1.82) is 0 Å². The lowest BCUT2D eigenvalue weighted by atomic mass is 9.97. The molecule has 5 aromatic rings. The quantitative estimate of drug-likeness (QED) is 0.219. The van der Waals surface area contributed by atoms with E-state index in [1.165, 1.54) is 0 Å². The number of hydrogen-bond donors (Lipinski definition) is 0. The van der Waals surface area contributed by atoms with Gasteiger partial charge in [0.2, 0.25) is 5.76 Å². The van der Waals surface area contributed by atoms with Crippen molar-refractivity contribution in [2.75, 3.05) is 20.8 Å². The highest BCUT2D eigenvalue weighted by Crippen LogP contribution is 2.41. The van der Waals surface area contributed by atoms with E-state index < -0.39 is 6.04 Å². The molecule has 1 aliphatic rings. The van der Waals surface area contributed by atoms with Gasteiger partial charge in [0.15, 0.2) is 16.9 Å². The highest BCUT2D eigenvalue weighted by Gasteiger charge is 2.42. The van der Waals surface area contributed by atoms with Crippen molar-refractivity contribution < 1.29 is 23.4 Å². The van der Waals surface area contributed by atoms with Crippen molar-refractivity contribution in [3.63, 3.8) is 0 Å². The van der Waals surface area contributed by atoms with Gasteiger partial charge in [0.25, 0.3) is 5.91 Å². The molecule has 1 aliphatic heterocycles. The van der Waals surface area contributed by atoms with Gasteiger partial charge in [0, 0.05) is 6.54 Å². The predicted octanol–water partition coefficient (Wildman–Crippen LogP) is 6.18. The summed E-state index contributed by atoms with van der Waals surface area (Å²) in [6.45, 7) is 0.759. The van der Waals surface area contributed by atoms with E-state index in [4.69, 9.17) is 18.6 Å². The molecular weight excluding hydrogens is 518 g/mol. The number of carbonyl (C=O) groups is 1. The van der Waals surface area contributed by atoms with Gasteiger partial charge < -0.3 is 23.5 Å². The molecule has 41 heavy (non-hydrogen) atoms. The molecule has 6 rings (SSSR count). The molecule has 0 spiro atoms. The Bertz CT molecular complexity index is 1760. The van der Waals surface area contributed by atoms with Crippen LogP contribution in [0.5, 0.6) is 17.2 Å². The molecule has 0 bridgehead atoms. The first kappa shape index (κ1) is 26.2. The maximum Gasteiger partial charge on any atom is 0.290 e. The van der Waals surface area contributed by atoms with Crippen molar-refractivity contribution >= 4 is 16.9 Å². The summed E-state index contributed by atoms with van der Waals surface area (Å²) in [5.41, 5.74) is 3.32. The van der Waals surface area contributed by atoms with Gasteiger partial charge in [0.1, 0.15) is 17.9 Å². The van der Waals surface area contributed by atoms with Gasteiger partial charge in [0.05, 0.1) is 31.2 Å². The third-order valence-corrected chi connectivity index (χ3v) is 7.41. The molecule has 7 nitrogen and oxygen atoms in total. The number of ether oxygens (including phenoxy) is 3. The zero-order valence-electron chi connectivity index (χ0n) is 22.8. The fraction of sp³-hybridized carbons (Fsp3) is 0.176. The summed E-state index contributed by atoms with van der Waals surface area (Å²) in [6.07, 6.45) is 0.587. The first-order valence-electron chi connectivity index (χ1n) is 13.4. The Balaban J connectivity index is 1.38. The lowest BCUT2D eigenvalue weighted by Crippen LogP contribution is -2.31. The van der Waals surface area contributed by atoms with E-state index in [-0.39, 0.29) is 17.1 Å². The normalized spacial score (nSPS) is 14.2. The maximum absolute atomic E-state index is 13.8. The van der Waals surface area contributed by atoms with E-state index in [0.717, 1.165) is 22.4 Å².